The Bertz CT molecular complexity index is 918. The van der Waals surface area contributed by atoms with Gasteiger partial charge >= 0.3 is 6.18 Å². The molecule has 2 rings (SSSR count). The van der Waals surface area contributed by atoms with Crippen LogP contribution in [0.3, 0.4) is 0 Å². The SMILES string of the molecule is CCC(CC)Nc1c(C=O)c(C(F)(F)F)nn1-c1ccc(S(C)(=O)=O)cn1. The number of halogens is 3. The fourth-order valence-electron chi connectivity index (χ4n) is 2.46. The summed E-state index contributed by atoms with van der Waals surface area (Å²) in [5.41, 5.74) is -1.96. The Hall–Kier alpha value is -2.43. The second-order valence-electron chi connectivity index (χ2n) is 5.92. The first-order valence-corrected chi connectivity index (χ1v) is 10.00. The Morgan fingerprint density at radius 3 is 2.30 bits per heavy atom. The van der Waals surface area contributed by atoms with Crippen molar-refractivity contribution in [3.05, 3.63) is 29.6 Å². The van der Waals surface area contributed by atoms with E-state index < -0.39 is 27.3 Å². The van der Waals surface area contributed by atoms with Crippen molar-refractivity contribution < 1.29 is 26.4 Å². The Kier molecular flexibility index (Phi) is 5.93. The smallest absolute Gasteiger partial charge is 0.367 e. The van der Waals surface area contributed by atoms with Crippen molar-refractivity contribution >= 4 is 21.9 Å². The topological polar surface area (TPSA) is 94.0 Å². The lowest BCUT2D eigenvalue weighted by atomic mass is 10.1. The molecule has 0 fully saturated rings. The minimum Gasteiger partial charge on any atom is -0.367 e. The Morgan fingerprint density at radius 2 is 1.89 bits per heavy atom. The van der Waals surface area contributed by atoms with Gasteiger partial charge in [-0.15, -0.1) is 0 Å². The summed E-state index contributed by atoms with van der Waals surface area (Å²) < 4.78 is 63.9. The standard InChI is InChI=1S/C16H19F3N4O3S/c1-4-10(5-2)21-15-12(9-24)14(16(17,18)19)22-23(15)13-7-6-11(8-20-13)27(3,25)26/h6-10,21H,4-5H2,1-3H3. The van der Waals surface area contributed by atoms with Gasteiger partial charge in [-0.2, -0.15) is 23.0 Å². The van der Waals surface area contributed by atoms with E-state index in [2.05, 4.69) is 15.4 Å². The largest absolute Gasteiger partial charge is 0.435 e. The number of aromatic nitrogens is 3. The summed E-state index contributed by atoms with van der Waals surface area (Å²) in [6, 6.07) is 2.26. The number of nitrogens with zero attached hydrogens (tertiary/aromatic N) is 3. The predicted molar refractivity (Wildman–Crippen MR) is 92.9 cm³/mol. The lowest BCUT2D eigenvalue weighted by Gasteiger charge is -2.17. The zero-order valence-electron chi connectivity index (χ0n) is 14.9. The van der Waals surface area contributed by atoms with Gasteiger partial charge in [0.25, 0.3) is 0 Å². The van der Waals surface area contributed by atoms with E-state index in [9.17, 15) is 26.4 Å². The highest BCUT2D eigenvalue weighted by molar-refractivity contribution is 7.90. The molecule has 0 radical (unpaired) electrons. The molecule has 0 spiro atoms. The normalized spacial score (nSPS) is 12.4. The minimum absolute atomic E-state index is 0.0468. The molecule has 2 aromatic rings. The van der Waals surface area contributed by atoms with Crippen LogP contribution in [0.5, 0.6) is 0 Å². The molecule has 0 bridgehead atoms. The number of alkyl halides is 3. The number of hydrogen-bond donors (Lipinski definition) is 1. The summed E-state index contributed by atoms with van der Waals surface area (Å²) >= 11 is 0. The van der Waals surface area contributed by atoms with Crippen molar-refractivity contribution in [1.29, 1.82) is 0 Å². The fraction of sp³-hybridized carbons (Fsp3) is 0.438. The first-order chi connectivity index (χ1) is 12.5. The second-order valence-corrected chi connectivity index (χ2v) is 7.94. The molecule has 0 saturated heterocycles. The summed E-state index contributed by atoms with van der Waals surface area (Å²) in [6.45, 7) is 3.71. The summed E-state index contributed by atoms with van der Waals surface area (Å²) in [4.78, 5) is 15.2. The van der Waals surface area contributed by atoms with Gasteiger partial charge in [0.15, 0.2) is 27.6 Å². The fourth-order valence-corrected chi connectivity index (χ4v) is 3.02. The average molecular weight is 404 g/mol. The van der Waals surface area contributed by atoms with Gasteiger partial charge in [-0.3, -0.25) is 4.79 Å². The van der Waals surface area contributed by atoms with Crippen LogP contribution in [0.1, 0.15) is 42.7 Å². The first kappa shape index (κ1) is 20.9. The molecule has 0 saturated carbocycles. The van der Waals surface area contributed by atoms with Gasteiger partial charge in [0.1, 0.15) is 5.82 Å². The van der Waals surface area contributed by atoms with E-state index in [-0.39, 0.29) is 28.9 Å². The molecule has 27 heavy (non-hydrogen) atoms. The Morgan fingerprint density at radius 1 is 1.26 bits per heavy atom. The van der Waals surface area contributed by atoms with Crippen LogP contribution in [-0.4, -0.2) is 41.8 Å². The van der Waals surface area contributed by atoms with Gasteiger partial charge in [0, 0.05) is 18.5 Å². The summed E-state index contributed by atoms with van der Waals surface area (Å²) in [7, 11) is -3.51. The predicted octanol–water partition coefficient (Wildman–Crippen LogP) is 3.10. The maximum absolute atomic E-state index is 13.3. The molecule has 0 aliphatic carbocycles. The second kappa shape index (κ2) is 7.67. The summed E-state index contributed by atoms with van der Waals surface area (Å²) in [5, 5.41) is 6.44. The van der Waals surface area contributed by atoms with Gasteiger partial charge in [0.2, 0.25) is 0 Å². The van der Waals surface area contributed by atoms with E-state index in [0.717, 1.165) is 17.1 Å². The van der Waals surface area contributed by atoms with Crippen molar-refractivity contribution in [2.75, 3.05) is 11.6 Å². The third kappa shape index (κ3) is 4.46. The zero-order valence-corrected chi connectivity index (χ0v) is 15.7. The van der Waals surface area contributed by atoms with Crippen LogP contribution in [0, 0.1) is 0 Å². The number of carbonyl (C=O) groups excluding carboxylic acids is 1. The van der Waals surface area contributed by atoms with Crippen LogP contribution in [0.2, 0.25) is 0 Å². The number of aldehydes is 1. The van der Waals surface area contributed by atoms with Gasteiger partial charge in [-0.1, -0.05) is 13.8 Å². The molecule has 0 unspecified atom stereocenters. The van der Waals surface area contributed by atoms with Crippen LogP contribution in [0.4, 0.5) is 19.0 Å². The van der Waals surface area contributed by atoms with Crippen molar-refractivity contribution in [2.45, 2.75) is 43.8 Å². The molecule has 11 heteroatoms. The molecule has 0 aliphatic heterocycles. The Balaban J connectivity index is 2.66. The van der Waals surface area contributed by atoms with Crippen molar-refractivity contribution in [3.8, 4) is 5.82 Å². The molecule has 2 heterocycles. The highest BCUT2D eigenvalue weighted by atomic mass is 32.2. The highest BCUT2D eigenvalue weighted by Gasteiger charge is 2.40. The highest BCUT2D eigenvalue weighted by Crippen LogP contribution is 2.35. The molecular weight excluding hydrogens is 385 g/mol. The number of pyridine rings is 1. The van der Waals surface area contributed by atoms with E-state index >= 15 is 0 Å². The number of nitrogens with one attached hydrogen (secondary N) is 1. The third-order valence-electron chi connectivity index (χ3n) is 4.00. The number of anilines is 1. The van der Waals surface area contributed by atoms with Crippen LogP contribution in [0.15, 0.2) is 23.2 Å². The van der Waals surface area contributed by atoms with Gasteiger partial charge in [0.05, 0.1) is 10.5 Å². The first-order valence-electron chi connectivity index (χ1n) is 8.11. The van der Waals surface area contributed by atoms with E-state index in [0.29, 0.717) is 12.8 Å². The third-order valence-corrected chi connectivity index (χ3v) is 5.10. The van der Waals surface area contributed by atoms with Crippen molar-refractivity contribution in [2.24, 2.45) is 0 Å². The average Bonchev–Trinajstić information content (AvgIpc) is 2.97. The van der Waals surface area contributed by atoms with E-state index in [1.165, 1.54) is 12.1 Å². The van der Waals surface area contributed by atoms with E-state index in [4.69, 9.17) is 0 Å². The van der Waals surface area contributed by atoms with Crippen LogP contribution < -0.4 is 5.32 Å². The molecule has 148 valence electrons. The van der Waals surface area contributed by atoms with Gasteiger partial charge in [-0.25, -0.2) is 13.4 Å². The molecule has 0 aliphatic rings. The molecule has 1 N–H and O–H groups in total. The molecule has 0 amide bonds. The Labute approximate surface area is 154 Å². The number of rotatable bonds is 7. The van der Waals surface area contributed by atoms with Crippen LogP contribution in [-0.2, 0) is 16.0 Å². The number of hydrogen-bond acceptors (Lipinski definition) is 6. The molecule has 7 nitrogen and oxygen atoms in total. The molecule has 2 aromatic heterocycles. The summed E-state index contributed by atoms with van der Waals surface area (Å²) in [6.07, 6.45) is -1.49. The van der Waals surface area contributed by atoms with Crippen molar-refractivity contribution in [1.82, 2.24) is 14.8 Å². The van der Waals surface area contributed by atoms with E-state index in [1.807, 2.05) is 13.8 Å². The van der Waals surface area contributed by atoms with Gasteiger partial charge in [-0.05, 0) is 25.0 Å². The lowest BCUT2D eigenvalue weighted by Crippen LogP contribution is -2.20. The quantitative estimate of drug-likeness (QED) is 0.713. The maximum atomic E-state index is 13.3. The van der Waals surface area contributed by atoms with E-state index in [1.54, 1.807) is 0 Å². The van der Waals surface area contributed by atoms with Gasteiger partial charge < -0.3 is 5.32 Å². The minimum atomic E-state index is -4.83. The summed E-state index contributed by atoms with van der Waals surface area (Å²) in [5.74, 6) is -0.180. The van der Waals surface area contributed by atoms with Crippen LogP contribution >= 0.6 is 0 Å². The molecule has 0 atom stereocenters. The maximum Gasteiger partial charge on any atom is 0.435 e. The van der Waals surface area contributed by atoms with Crippen LogP contribution in [0.25, 0.3) is 5.82 Å². The monoisotopic (exact) mass is 404 g/mol. The number of carbonyl (C=O) groups is 1. The number of sulfone groups is 1. The lowest BCUT2D eigenvalue weighted by molar-refractivity contribution is -0.141. The molecule has 0 aromatic carbocycles. The van der Waals surface area contributed by atoms with Crippen molar-refractivity contribution in [3.63, 3.8) is 0 Å². The zero-order chi connectivity index (χ0) is 20.4. The molecular formula is C16H19F3N4O3S.